The Morgan fingerprint density at radius 1 is 1.18 bits per heavy atom. The van der Waals surface area contributed by atoms with Crippen molar-refractivity contribution in [2.24, 2.45) is 0 Å². The van der Waals surface area contributed by atoms with Gasteiger partial charge >= 0.3 is 6.03 Å². The lowest BCUT2D eigenvalue weighted by Crippen LogP contribution is -2.35. The first-order chi connectivity index (χ1) is 13.5. The van der Waals surface area contributed by atoms with Crippen molar-refractivity contribution in [2.75, 3.05) is 11.9 Å². The zero-order valence-electron chi connectivity index (χ0n) is 15.9. The highest BCUT2D eigenvalue weighted by molar-refractivity contribution is 5.89. The lowest BCUT2D eigenvalue weighted by molar-refractivity contribution is 0.214. The summed E-state index contributed by atoms with van der Waals surface area (Å²) in [5.41, 5.74) is 3.72. The highest BCUT2D eigenvalue weighted by Crippen LogP contribution is 2.14. The van der Waals surface area contributed by atoms with Crippen molar-refractivity contribution in [3.63, 3.8) is 0 Å². The molecule has 3 aromatic rings. The number of nitrogens with one attached hydrogen (secondary N) is 1. The molecule has 144 valence electrons. The summed E-state index contributed by atoms with van der Waals surface area (Å²) < 4.78 is 15.5. The van der Waals surface area contributed by atoms with E-state index in [1.165, 1.54) is 12.1 Å². The van der Waals surface area contributed by atoms with Crippen molar-refractivity contribution in [3.05, 3.63) is 102 Å². The monoisotopic (exact) mass is 377 g/mol. The Kier molecular flexibility index (Phi) is 6.27. The highest BCUT2D eigenvalue weighted by Gasteiger charge is 2.15. The van der Waals surface area contributed by atoms with Gasteiger partial charge in [0.15, 0.2) is 0 Å². The Labute approximate surface area is 164 Å². The molecule has 1 heterocycles. The first kappa shape index (κ1) is 19.4. The number of benzene rings is 2. The first-order valence-corrected chi connectivity index (χ1v) is 9.17. The third kappa shape index (κ3) is 5.10. The van der Waals surface area contributed by atoms with Crippen LogP contribution in [-0.4, -0.2) is 22.0 Å². The Balaban J connectivity index is 1.72. The quantitative estimate of drug-likeness (QED) is 0.564. The number of carbonyl (C=O) groups excluding carboxylic acids is 1. The number of hydrogen-bond donors (Lipinski definition) is 1. The minimum atomic E-state index is -0.253. The SMILES string of the molecule is C=CCN(Cc1cccn1Cc1cccc(F)c1)C(=O)Nc1ccc(C)cc1. The van der Waals surface area contributed by atoms with Crippen LogP contribution in [0.5, 0.6) is 0 Å². The van der Waals surface area contributed by atoms with E-state index in [1.807, 2.05) is 60.2 Å². The summed E-state index contributed by atoms with van der Waals surface area (Å²) in [6, 6.07) is 17.9. The van der Waals surface area contributed by atoms with E-state index in [2.05, 4.69) is 11.9 Å². The number of halogens is 1. The van der Waals surface area contributed by atoms with Crippen LogP contribution in [0.1, 0.15) is 16.8 Å². The average Bonchev–Trinajstić information content (AvgIpc) is 3.10. The second-order valence-electron chi connectivity index (χ2n) is 6.72. The minimum absolute atomic E-state index is 0.192. The minimum Gasteiger partial charge on any atom is -0.345 e. The van der Waals surface area contributed by atoms with Crippen LogP contribution in [0.4, 0.5) is 14.9 Å². The summed E-state index contributed by atoms with van der Waals surface area (Å²) in [6.07, 6.45) is 3.64. The molecule has 0 saturated carbocycles. The number of aromatic nitrogens is 1. The summed E-state index contributed by atoms with van der Waals surface area (Å²) in [7, 11) is 0. The van der Waals surface area contributed by atoms with Crippen LogP contribution in [-0.2, 0) is 13.1 Å². The molecular weight excluding hydrogens is 353 g/mol. The molecule has 0 atom stereocenters. The third-order valence-corrected chi connectivity index (χ3v) is 4.46. The number of anilines is 1. The van der Waals surface area contributed by atoms with Gasteiger partial charge in [0.05, 0.1) is 6.54 Å². The molecule has 0 aliphatic rings. The van der Waals surface area contributed by atoms with Crippen LogP contribution in [0.2, 0.25) is 0 Å². The molecule has 0 spiro atoms. The van der Waals surface area contributed by atoms with Crippen LogP contribution in [0.15, 0.2) is 79.5 Å². The fourth-order valence-electron chi connectivity index (χ4n) is 2.99. The molecule has 0 radical (unpaired) electrons. The Morgan fingerprint density at radius 3 is 2.68 bits per heavy atom. The molecule has 0 aliphatic heterocycles. The molecule has 1 N–H and O–H groups in total. The maximum atomic E-state index is 13.5. The summed E-state index contributed by atoms with van der Waals surface area (Å²) >= 11 is 0. The molecule has 2 amide bonds. The van der Waals surface area contributed by atoms with Crippen LogP contribution >= 0.6 is 0 Å². The number of amides is 2. The first-order valence-electron chi connectivity index (χ1n) is 9.17. The van der Waals surface area contributed by atoms with Gasteiger partial charge < -0.3 is 14.8 Å². The smallest absolute Gasteiger partial charge is 0.322 e. The topological polar surface area (TPSA) is 37.3 Å². The number of aryl methyl sites for hydroxylation is 1. The fraction of sp³-hybridized carbons (Fsp3) is 0.174. The van der Waals surface area contributed by atoms with E-state index in [1.54, 1.807) is 17.0 Å². The molecule has 4 nitrogen and oxygen atoms in total. The van der Waals surface area contributed by atoms with E-state index in [4.69, 9.17) is 0 Å². The fourth-order valence-corrected chi connectivity index (χ4v) is 2.99. The third-order valence-electron chi connectivity index (χ3n) is 4.46. The second-order valence-corrected chi connectivity index (χ2v) is 6.72. The van der Waals surface area contributed by atoms with Gasteiger partial charge in [-0.05, 0) is 48.9 Å². The van der Waals surface area contributed by atoms with Crippen LogP contribution < -0.4 is 5.32 Å². The molecule has 5 heteroatoms. The van der Waals surface area contributed by atoms with Gasteiger partial charge in [-0.2, -0.15) is 0 Å². The van der Waals surface area contributed by atoms with Crippen molar-refractivity contribution in [1.82, 2.24) is 9.47 Å². The zero-order chi connectivity index (χ0) is 19.9. The molecule has 28 heavy (non-hydrogen) atoms. The van der Waals surface area contributed by atoms with E-state index in [-0.39, 0.29) is 11.8 Å². The molecule has 2 aromatic carbocycles. The normalized spacial score (nSPS) is 10.5. The Morgan fingerprint density at radius 2 is 1.96 bits per heavy atom. The van der Waals surface area contributed by atoms with Crippen molar-refractivity contribution < 1.29 is 9.18 Å². The van der Waals surface area contributed by atoms with Gasteiger partial charge in [-0.25, -0.2) is 9.18 Å². The van der Waals surface area contributed by atoms with Crippen LogP contribution in [0, 0.1) is 12.7 Å². The van der Waals surface area contributed by atoms with Crippen molar-refractivity contribution >= 4 is 11.7 Å². The maximum Gasteiger partial charge on any atom is 0.322 e. The number of carbonyl (C=O) groups is 1. The molecule has 0 unspecified atom stereocenters. The summed E-state index contributed by atoms with van der Waals surface area (Å²) in [6.45, 7) is 7.15. The molecule has 3 rings (SSSR count). The van der Waals surface area contributed by atoms with E-state index >= 15 is 0 Å². The number of nitrogens with zero attached hydrogens (tertiary/aromatic N) is 2. The molecule has 0 aliphatic carbocycles. The standard InChI is InChI=1S/C23H24FN3O/c1-3-13-27(23(28)25-21-11-9-18(2)10-12-21)17-22-8-5-14-26(22)16-19-6-4-7-20(24)15-19/h3-12,14-15H,1,13,16-17H2,2H3,(H,25,28). The summed E-state index contributed by atoms with van der Waals surface area (Å²) in [5.74, 6) is -0.253. The van der Waals surface area contributed by atoms with Gasteiger partial charge in [0.25, 0.3) is 0 Å². The molecule has 0 fully saturated rings. The van der Waals surface area contributed by atoms with Crippen LogP contribution in [0.3, 0.4) is 0 Å². The number of rotatable bonds is 7. The van der Waals surface area contributed by atoms with Crippen molar-refractivity contribution in [3.8, 4) is 0 Å². The Hall–Kier alpha value is -3.34. The number of hydrogen-bond acceptors (Lipinski definition) is 1. The predicted molar refractivity (Wildman–Crippen MR) is 111 cm³/mol. The van der Waals surface area contributed by atoms with Gasteiger partial charge in [0.1, 0.15) is 5.82 Å². The van der Waals surface area contributed by atoms with Gasteiger partial charge in [-0.1, -0.05) is 35.9 Å². The van der Waals surface area contributed by atoms with E-state index in [0.29, 0.717) is 19.6 Å². The van der Waals surface area contributed by atoms with Gasteiger partial charge in [-0.3, -0.25) is 0 Å². The molecule has 0 bridgehead atoms. The van der Waals surface area contributed by atoms with Crippen molar-refractivity contribution in [2.45, 2.75) is 20.0 Å². The van der Waals surface area contributed by atoms with E-state index in [0.717, 1.165) is 22.5 Å². The van der Waals surface area contributed by atoms with Gasteiger partial charge in [-0.15, -0.1) is 6.58 Å². The van der Waals surface area contributed by atoms with Crippen LogP contribution in [0.25, 0.3) is 0 Å². The largest absolute Gasteiger partial charge is 0.345 e. The average molecular weight is 377 g/mol. The predicted octanol–water partition coefficient (Wildman–Crippen LogP) is 5.20. The molecular formula is C23H24FN3O. The summed E-state index contributed by atoms with van der Waals surface area (Å²) in [5, 5.41) is 2.92. The lowest BCUT2D eigenvalue weighted by Gasteiger charge is -2.23. The number of urea groups is 1. The highest BCUT2D eigenvalue weighted by atomic mass is 19.1. The Bertz CT molecular complexity index is 946. The van der Waals surface area contributed by atoms with Crippen molar-refractivity contribution in [1.29, 1.82) is 0 Å². The van der Waals surface area contributed by atoms with Gasteiger partial charge in [0.2, 0.25) is 0 Å². The molecule has 0 saturated heterocycles. The second kappa shape index (κ2) is 9.04. The zero-order valence-corrected chi connectivity index (χ0v) is 15.9. The van der Waals surface area contributed by atoms with E-state index in [9.17, 15) is 9.18 Å². The summed E-state index contributed by atoms with van der Waals surface area (Å²) in [4.78, 5) is 14.4. The van der Waals surface area contributed by atoms with E-state index < -0.39 is 0 Å². The maximum absolute atomic E-state index is 13.5. The lowest BCUT2D eigenvalue weighted by atomic mass is 10.2. The van der Waals surface area contributed by atoms with Gasteiger partial charge in [0, 0.05) is 30.7 Å². The molecule has 1 aromatic heterocycles.